The Morgan fingerprint density at radius 1 is 0.440 bits per heavy atom. The average Bonchev–Trinajstić information content (AvgIpc) is 3.83. The maximum Gasteiger partial charge on any atom is 0.164 e. The van der Waals surface area contributed by atoms with Crippen molar-refractivity contribution in [1.82, 2.24) is 19.5 Å². The Hall–Kier alpha value is -6.85. The van der Waals surface area contributed by atoms with Crippen molar-refractivity contribution < 1.29 is 15.4 Å². The molecule has 0 N–H and O–H groups in total. The van der Waals surface area contributed by atoms with Gasteiger partial charge in [0.1, 0.15) is 11.2 Å². The zero-order valence-electron chi connectivity index (χ0n) is 34.2. The van der Waals surface area contributed by atoms with Gasteiger partial charge in [-0.1, -0.05) is 121 Å². The summed E-state index contributed by atoms with van der Waals surface area (Å²) in [4.78, 5) is 14.9. The number of benzene rings is 7. The van der Waals surface area contributed by atoms with Gasteiger partial charge in [-0.15, -0.1) is 0 Å². The first-order valence-corrected chi connectivity index (χ1v) is 16.0. The standard InChI is InChI=1S/C45H28N4O/c1-3-13-29(14-4-1)31-17-11-18-32(27-31)44-46-43(30-15-5-2-6-16-30)47-45(48-44)33-25-26-40-36(28-33)42-39(23-12-24-41(42)50-40)49-37-21-9-7-19-34(37)35-20-8-10-22-38(35)49/h1-28H/i7D,8D,9D,10D,19D,20D,21D,22D. The number of aromatic nitrogens is 4. The smallest absolute Gasteiger partial charge is 0.164 e. The predicted molar refractivity (Wildman–Crippen MR) is 203 cm³/mol. The fraction of sp³-hybridized carbons (Fsp3) is 0. The van der Waals surface area contributed by atoms with Crippen LogP contribution in [0.4, 0.5) is 0 Å². The first-order chi connectivity index (χ1) is 28.1. The Labute approximate surface area is 299 Å². The minimum atomic E-state index is -0.501. The molecule has 0 unspecified atom stereocenters. The second-order valence-electron chi connectivity index (χ2n) is 11.9. The highest BCUT2D eigenvalue weighted by Crippen LogP contribution is 2.40. The molecule has 3 heterocycles. The van der Waals surface area contributed by atoms with Gasteiger partial charge >= 0.3 is 0 Å². The zero-order valence-corrected chi connectivity index (χ0v) is 26.2. The first-order valence-electron chi connectivity index (χ1n) is 20.0. The highest BCUT2D eigenvalue weighted by atomic mass is 16.3. The van der Waals surface area contributed by atoms with Gasteiger partial charge in [0.25, 0.3) is 0 Å². The van der Waals surface area contributed by atoms with Crippen LogP contribution >= 0.6 is 0 Å². The van der Waals surface area contributed by atoms with E-state index in [1.54, 1.807) is 18.2 Å². The molecule has 0 saturated carbocycles. The molecule has 0 aliphatic rings. The molecule has 0 radical (unpaired) electrons. The van der Waals surface area contributed by atoms with Crippen LogP contribution in [-0.4, -0.2) is 19.5 Å². The summed E-state index contributed by atoms with van der Waals surface area (Å²) in [6.45, 7) is 0. The lowest BCUT2D eigenvalue weighted by atomic mass is 10.0. The molecule has 0 amide bonds. The molecule has 10 aromatic rings. The van der Waals surface area contributed by atoms with E-state index in [0.717, 1.165) is 22.3 Å². The lowest BCUT2D eigenvalue weighted by molar-refractivity contribution is 0.669. The highest BCUT2D eigenvalue weighted by Gasteiger charge is 2.19. The van der Waals surface area contributed by atoms with E-state index in [9.17, 15) is 0 Å². The zero-order chi connectivity index (χ0) is 40.0. The predicted octanol–water partition coefficient (Wildman–Crippen LogP) is 11.5. The normalized spacial score (nSPS) is 13.8. The summed E-state index contributed by atoms with van der Waals surface area (Å²) >= 11 is 0. The average molecular weight is 649 g/mol. The van der Waals surface area contributed by atoms with Gasteiger partial charge < -0.3 is 8.98 Å². The molecule has 3 aromatic heterocycles. The van der Waals surface area contributed by atoms with Crippen molar-refractivity contribution in [3.8, 4) is 51.0 Å². The van der Waals surface area contributed by atoms with Crippen molar-refractivity contribution in [3.63, 3.8) is 0 Å². The van der Waals surface area contributed by atoms with E-state index in [1.165, 1.54) is 4.57 Å². The van der Waals surface area contributed by atoms with E-state index < -0.39 is 36.3 Å². The fourth-order valence-corrected chi connectivity index (χ4v) is 6.61. The van der Waals surface area contributed by atoms with Crippen molar-refractivity contribution in [2.45, 2.75) is 0 Å². The van der Waals surface area contributed by atoms with Gasteiger partial charge in [0.15, 0.2) is 17.5 Å². The van der Waals surface area contributed by atoms with Crippen molar-refractivity contribution in [3.05, 3.63) is 170 Å². The summed E-state index contributed by atoms with van der Waals surface area (Å²) in [7, 11) is 0. The van der Waals surface area contributed by atoms with Crippen LogP contribution in [-0.2, 0) is 0 Å². The quantitative estimate of drug-likeness (QED) is 0.186. The number of rotatable bonds is 5. The Morgan fingerprint density at radius 3 is 1.70 bits per heavy atom. The monoisotopic (exact) mass is 648 g/mol. The van der Waals surface area contributed by atoms with E-state index in [1.807, 2.05) is 84.9 Å². The number of nitrogens with zero attached hydrogens (tertiary/aromatic N) is 4. The fourth-order valence-electron chi connectivity index (χ4n) is 6.61. The maximum absolute atomic E-state index is 9.05. The molecule has 5 heteroatoms. The Morgan fingerprint density at radius 2 is 1.00 bits per heavy atom. The molecule has 10 rings (SSSR count). The summed E-state index contributed by atoms with van der Waals surface area (Å²) < 4.78 is 77.8. The number of fused-ring (bicyclic) bond motifs is 6. The number of hydrogen-bond acceptors (Lipinski definition) is 4. The molecule has 0 fully saturated rings. The Balaban J connectivity index is 1.24. The van der Waals surface area contributed by atoms with Gasteiger partial charge in [-0.25, -0.2) is 15.0 Å². The van der Waals surface area contributed by atoms with E-state index >= 15 is 0 Å². The molecular formula is C45H28N4O. The third kappa shape index (κ3) is 4.60. The second-order valence-corrected chi connectivity index (χ2v) is 11.9. The molecule has 0 spiro atoms. The number of para-hydroxylation sites is 2. The lowest BCUT2D eigenvalue weighted by Crippen LogP contribution is -2.00. The summed E-state index contributed by atoms with van der Waals surface area (Å²) in [5.41, 5.74) is 5.77. The molecule has 234 valence electrons. The summed E-state index contributed by atoms with van der Waals surface area (Å²) in [5, 5.41) is 1.20. The van der Waals surface area contributed by atoms with Gasteiger partial charge in [0.05, 0.1) is 33.1 Å². The Kier molecular flexibility index (Phi) is 4.83. The van der Waals surface area contributed by atoms with Crippen LogP contribution in [0.15, 0.2) is 174 Å². The summed E-state index contributed by atoms with van der Waals surface area (Å²) in [6.07, 6.45) is 0. The van der Waals surface area contributed by atoms with Crippen molar-refractivity contribution in [2.75, 3.05) is 0 Å². The van der Waals surface area contributed by atoms with Crippen LogP contribution in [0.3, 0.4) is 0 Å². The minimum absolute atomic E-state index is 0.000910. The number of furan rings is 1. The highest BCUT2D eigenvalue weighted by molar-refractivity contribution is 6.14. The minimum Gasteiger partial charge on any atom is -0.456 e. The largest absolute Gasteiger partial charge is 0.456 e. The summed E-state index contributed by atoms with van der Waals surface area (Å²) in [6, 6.07) is 35.1. The van der Waals surface area contributed by atoms with E-state index in [0.29, 0.717) is 50.7 Å². The van der Waals surface area contributed by atoms with Gasteiger partial charge in [0, 0.05) is 32.8 Å². The van der Waals surface area contributed by atoms with Crippen LogP contribution in [0.25, 0.3) is 94.7 Å². The molecule has 0 aliphatic heterocycles. The summed E-state index contributed by atoms with van der Waals surface area (Å²) in [5.74, 6) is 1.37. The van der Waals surface area contributed by atoms with E-state index in [-0.39, 0.29) is 33.9 Å². The molecular weight excluding hydrogens is 613 g/mol. The van der Waals surface area contributed by atoms with Gasteiger partial charge in [0.2, 0.25) is 0 Å². The van der Waals surface area contributed by atoms with Gasteiger partial charge in [-0.2, -0.15) is 0 Å². The second kappa shape index (κ2) is 11.4. The topological polar surface area (TPSA) is 56.7 Å². The van der Waals surface area contributed by atoms with Crippen LogP contribution < -0.4 is 0 Å². The third-order valence-electron chi connectivity index (χ3n) is 8.90. The van der Waals surface area contributed by atoms with Crippen LogP contribution in [0, 0.1) is 0 Å². The third-order valence-corrected chi connectivity index (χ3v) is 8.90. The molecule has 0 aliphatic carbocycles. The maximum atomic E-state index is 9.05. The molecule has 0 atom stereocenters. The Bertz CT molecular complexity index is 3250. The molecule has 0 saturated heterocycles. The molecule has 7 aromatic carbocycles. The molecule has 50 heavy (non-hydrogen) atoms. The SMILES string of the molecule is [2H]c1c([2H])c([2H])c2c(c1[2H])c1c([2H])c([2H])c([2H])c([2H])c1n2-c1cccc2oc3ccc(-c4nc(-c5ccccc5)nc(-c5cccc(-c6ccccc6)c5)n4)cc3c12. The molecule has 5 nitrogen and oxygen atoms in total. The molecule has 0 bridgehead atoms. The number of hydrogen-bond donors (Lipinski definition) is 0. The van der Waals surface area contributed by atoms with Gasteiger partial charge in [-0.05, 0) is 59.6 Å². The van der Waals surface area contributed by atoms with Crippen molar-refractivity contribution in [1.29, 1.82) is 0 Å². The first kappa shape index (κ1) is 21.2. The van der Waals surface area contributed by atoms with Gasteiger partial charge in [-0.3, -0.25) is 0 Å². The van der Waals surface area contributed by atoms with E-state index in [4.69, 9.17) is 30.3 Å². The lowest BCUT2D eigenvalue weighted by Gasteiger charge is -2.11. The van der Waals surface area contributed by atoms with Crippen LogP contribution in [0.5, 0.6) is 0 Å². The van der Waals surface area contributed by atoms with Crippen molar-refractivity contribution >= 4 is 43.7 Å². The van der Waals surface area contributed by atoms with Crippen LogP contribution in [0.2, 0.25) is 0 Å². The van der Waals surface area contributed by atoms with E-state index in [2.05, 4.69) is 18.2 Å². The van der Waals surface area contributed by atoms with Crippen LogP contribution in [0.1, 0.15) is 11.0 Å². The van der Waals surface area contributed by atoms with Crippen molar-refractivity contribution in [2.24, 2.45) is 0 Å².